The summed E-state index contributed by atoms with van der Waals surface area (Å²) in [4.78, 5) is 24.1. The van der Waals surface area contributed by atoms with Crippen LogP contribution in [0, 0.1) is 0 Å². The Kier molecular flexibility index (Phi) is 8.49. The van der Waals surface area contributed by atoms with E-state index in [1.165, 1.54) is 7.11 Å². The molecule has 0 aliphatic rings. The van der Waals surface area contributed by atoms with Crippen LogP contribution in [0.15, 0.2) is 47.6 Å². The molecule has 0 heterocycles. The van der Waals surface area contributed by atoms with E-state index in [2.05, 4.69) is 15.8 Å². The van der Waals surface area contributed by atoms with Crippen molar-refractivity contribution >= 4 is 23.2 Å². The third-order valence-electron chi connectivity index (χ3n) is 3.88. The second-order valence-electron chi connectivity index (χ2n) is 6.14. The van der Waals surface area contributed by atoms with Gasteiger partial charge >= 0.3 is 0 Å². The Balaban J connectivity index is 1.82. The zero-order chi connectivity index (χ0) is 21.9. The molecule has 0 saturated carbocycles. The summed E-state index contributed by atoms with van der Waals surface area (Å²) < 4.78 is 20.8. The highest BCUT2D eigenvalue weighted by molar-refractivity contribution is 6.06. The van der Waals surface area contributed by atoms with Gasteiger partial charge in [0.05, 0.1) is 33.4 Å². The first-order valence-corrected chi connectivity index (χ1v) is 9.06. The van der Waals surface area contributed by atoms with Crippen molar-refractivity contribution in [2.45, 2.75) is 13.3 Å². The summed E-state index contributed by atoms with van der Waals surface area (Å²) in [6.45, 7) is 1.41. The van der Waals surface area contributed by atoms with Crippen LogP contribution in [0.2, 0.25) is 0 Å². The van der Waals surface area contributed by atoms with E-state index in [4.69, 9.17) is 18.9 Å². The van der Waals surface area contributed by atoms with Crippen molar-refractivity contribution in [3.63, 3.8) is 0 Å². The lowest BCUT2D eigenvalue weighted by atomic mass is 10.2. The molecular weight excluding hydrogens is 390 g/mol. The van der Waals surface area contributed by atoms with E-state index in [-0.39, 0.29) is 18.9 Å². The number of nitrogens with zero attached hydrogens (tertiary/aromatic N) is 1. The average Bonchev–Trinajstić information content (AvgIpc) is 2.76. The Hall–Kier alpha value is -3.75. The van der Waals surface area contributed by atoms with E-state index in [1.54, 1.807) is 63.6 Å². The number of carbonyl (C=O) groups excluding carboxylic acids is 2. The number of hydrogen-bond acceptors (Lipinski definition) is 7. The zero-order valence-corrected chi connectivity index (χ0v) is 17.4. The lowest BCUT2D eigenvalue weighted by molar-refractivity contribution is -0.123. The molecule has 2 aromatic carbocycles. The van der Waals surface area contributed by atoms with Gasteiger partial charge in [0, 0.05) is 17.8 Å². The number of rotatable bonds is 10. The van der Waals surface area contributed by atoms with Gasteiger partial charge in [-0.1, -0.05) is 6.07 Å². The Morgan fingerprint density at radius 2 is 1.60 bits per heavy atom. The molecule has 0 spiro atoms. The first-order valence-electron chi connectivity index (χ1n) is 9.06. The molecule has 0 aliphatic carbocycles. The van der Waals surface area contributed by atoms with Crippen molar-refractivity contribution in [1.29, 1.82) is 0 Å². The number of ether oxygens (including phenoxy) is 4. The predicted octanol–water partition coefficient (Wildman–Crippen LogP) is 2.61. The minimum Gasteiger partial charge on any atom is -0.497 e. The molecule has 9 heteroatoms. The van der Waals surface area contributed by atoms with Crippen LogP contribution in [-0.4, -0.2) is 45.5 Å². The number of hydrazone groups is 1. The summed E-state index contributed by atoms with van der Waals surface area (Å²) in [5.41, 5.74) is 3.29. The second-order valence-corrected chi connectivity index (χ2v) is 6.14. The fourth-order valence-corrected chi connectivity index (χ4v) is 2.40. The molecule has 0 aliphatic heterocycles. The molecule has 30 heavy (non-hydrogen) atoms. The quantitative estimate of drug-likeness (QED) is 0.456. The molecule has 9 nitrogen and oxygen atoms in total. The molecule has 2 rings (SSSR count). The zero-order valence-electron chi connectivity index (χ0n) is 17.4. The molecule has 0 bridgehead atoms. The molecule has 0 unspecified atom stereocenters. The number of anilines is 1. The van der Waals surface area contributed by atoms with E-state index in [0.29, 0.717) is 34.4 Å². The lowest BCUT2D eigenvalue weighted by Gasteiger charge is -2.11. The SMILES string of the molecule is COc1cccc(OCC(=O)N/N=C(\C)CC(=O)Nc2ccc(OC)cc2OC)c1. The molecule has 0 atom stereocenters. The standard InChI is InChI=1S/C21H25N3O6/c1-14(10-20(25)22-18-9-8-16(28-3)12-19(18)29-4)23-24-21(26)13-30-17-7-5-6-15(11-17)27-2/h5-9,11-12H,10,13H2,1-4H3,(H,22,25)(H,24,26)/b23-14+. The summed E-state index contributed by atoms with van der Waals surface area (Å²) in [6, 6.07) is 12.0. The molecule has 0 saturated heterocycles. The van der Waals surface area contributed by atoms with Crippen molar-refractivity contribution in [2.24, 2.45) is 5.10 Å². The third-order valence-corrected chi connectivity index (χ3v) is 3.88. The summed E-state index contributed by atoms with van der Waals surface area (Å²) in [5.74, 6) is 1.46. The lowest BCUT2D eigenvalue weighted by Crippen LogP contribution is -2.26. The number of methoxy groups -OCH3 is 3. The summed E-state index contributed by atoms with van der Waals surface area (Å²) >= 11 is 0. The first-order chi connectivity index (χ1) is 14.4. The largest absolute Gasteiger partial charge is 0.497 e. The maximum Gasteiger partial charge on any atom is 0.277 e. The Morgan fingerprint density at radius 1 is 0.900 bits per heavy atom. The molecular formula is C21H25N3O6. The van der Waals surface area contributed by atoms with Crippen molar-refractivity contribution in [3.05, 3.63) is 42.5 Å². The van der Waals surface area contributed by atoms with Crippen LogP contribution < -0.4 is 29.7 Å². The highest BCUT2D eigenvalue weighted by Crippen LogP contribution is 2.29. The summed E-state index contributed by atoms with van der Waals surface area (Å²) in [6.07, 6.45) is -0.00773. The van der Waals surface area contributed by atoms with Gasteiger partial charge < -0.3 is 24.3 Å². The molecule has 2 amide bonds. The van der Waals surface area contributed by atoms with Gasteiger partial charge in [0.25, 0.3) is 5.91 Å². The molecule has 0 radical (unpaired) electrons. The van der Waals surface area contributed by atoms with Crippen LogP contribution in [0.5, 0.6) is 23.0 Å². The maximum atomic E-state index is 12.2. The van der Waals surface area contributed by atoms with Gasteiger partial charge in [0.2, 0.25) is 5.91 Å². The van der Waals surface area contributed by atoms with Crippen LogP contribution >= 0.6 is 0 Å². The maximum absolute atomic E-state index is 12.2. The van der Waals surface area contributed by atoms with Gasteiger partial charge in [-0.05, 0) is 31.2 Å². The number of nitrogens with one attached hydrogen (secondary N) is 2. The molecule has 160 valence electrons. The van der Waals surface area contributed by atoms with Gasteiger partial charge in [-0.25, -0.2) is 5.43 Å². The van der Waals surface area contributed by atoms with Crippen LogP contribution in [0.25, 0.3) is 0 Å². The fraction of sp³-hybridized carbons (Fsp3) is 0.286. The molecule has 2 aromatic rings. The van der Waals surface area contributed by atoms with Crippen molar-refractivity contribution in [3.8, 4) is 23.0 Å². The molecule has 2 N–H and O–H groups in total. The van der Waals surface area contributed by atoms with Gasteiger partial charge in [-0.2, -0.15) is 5.10 Å². The second kappa shape index (κ2) is 11.3. The summed E-state index contributed by atoms with van der Waals surface area (Å²) in [5, 5.41) is 6.66. The fourth-order valence-electron chi connectivity index (χ4n) is 2.40. The van der Waals surface area contributed by atoms with Crippen LogP contribution in [-0.2, 0) is 9.59 Å². The van der Waals surface area contributed by atoms with Crippen LogP contribution in [0.3, 0.4) is 0 Å². The number of carbonyl (C=O) groups is 2. The van der Waals surface area contributed by atoms with E-state index in [0.717, 1.165) is 0 Å². The number of benzene rings is 2. The van der Waals surface area contributed by atoms with Gasteiger partial charge in [-0.3, -0.25) is 9.59 Å². The minimum absolute atomic E-state index is 0.00773. The smallest absolute Gasteiger partial charge is 0.277 e. The van der Waals surface area contributed by atoms with Crippen LogP contribution in [0.1, 0.15) is 13.3 Å². The van der Waals surface area contributed by atoms with E-state index in [9.17, 15) is 9.59 Å². The van der Waals surface area contributed by atoms with Crippen molar-refractivity contribution in [1.82, 2.24) is 5.43 Å². The Labute approximate surface area is 175 Å². The third kappa shape index (κ3) is 7.01. The monoisotopic (exact) mass is 415 g/mol. The minimum atomic E-state index is -0.450. The first kappa shape index (κ1) is 22.5. The van der Waals surface area contributed by atoms with Crippen LogP contribution in [0.4, 0.5) is 5.69 Å². The number of hydrogen-bond donors (Lipinski definition) is 2. The van der Waals surface area contributed by atoms with Crippen molar-refractivity contribution in [2.75, 3.05) is 33.3 Å². The van der Waals surface area contributed by atoms with E-state index in [1.807, 2.05) is 0 Å². The summed E-state index contributed by atoms with van der Waals surface area (Å²) in [7, 11) is 4.59. The van der Waals surface area contributed by atoms with Crippen molar-refractivity contribution < 1.29 is 28.5 Å². The molecule has 0 fully saturated rings. The van der Waals surface area contributed by atoms with Gasteiger partial charge in [-0.15, -0.1) is 0 Å². The predicted molar refractivity (Wildman–Crippen MR) is 113 cm³/mol. The Morgan fingerprint density at radius 3 is 2.30 bits per heavy atom. The average molecular weight is 415 g/mol. The highest BCUT2D eigenvalue weighted by atomic mass is 16.5. The van der Waals surface area contributed by atoms with Gasteiger partial charge in [0.1, 0.15) is 23.0 Å². The topological polar surface area (TPSA) is 107 Å². The number of amides is 2. The Bertz CT molecular complexity index is 913. The van der Waals surface area contributed by atoms with E-state index >= 15 is 0 Å². The molecule has 0 aromatic heterocycles. The highest BCUT2D eigenvalue weighted by Gasteiger charge is 2.10. The normalized spacial score (nSPS) is 10.7. The van der Waals surface area contributed by atoms with E-state index < -0.39 is 5.91 Å². The van der Waals surface area contributed by atoms with Gasteiger partial charge in [0.15, 0.2) is 6.61 Å².